The van der Waals surface area contributed by atoms with Crippen LogP contribution in [0.5, 0.6) is 0 Å². The molecule has 24 heavy (non-hydrogen) atoms. The van der Waals surface area contributed by atoms with Crippen LogP contribution in [-0.2, 0) is 12.8 Å². The summed E-state index contributed by atoms with van der Waals surface area (Å²) in [5, 5.41) is 4.96. The first kappa shape index (κ1) is 16.2. The van der Waals surface area contributed by atoms with E-state index in [2.05, 4.69) is 20.2 Å². The van der Waals surface area contributed by atoms with Crippen molar-refractivity contribution in [2.75, 3.05) is 25.6 Å². The molecule has 0 aromatic carbocycles. The van der Waals surface area contributed by atoms with Crippen LogP contribution in [0.25, 0.3) is 10.2 Å². The second-order valence-electron chi connectivity index (χ2n) is 7.08. The molecule has 1 N–H and O–H groups in total. The summed E-state index contributed by atoms with van der Waals surface area (Å²) in [6.07, 6.45) is 9.82. The number of nitrogens with zero attached hydrogens (tertiary/aromatic N) is 3. The SMILES string of the molecule is CN(CCF)[C@H]1CC[C@H](Nc2ncnc3sc4c(c23)CCC4)CC1. The Bertz CT molecular complexity index is 708. The molecule has 6 heteroatoms. The van der Waals surface area contributed by atoms with Gasteiger partial charge in [-0.2, -0.15) is 0 Å². The molecule has 1 saturated carbocycles. The molecule has 130 valence electrons. The normalized spacial score (nSPS) is 23.8. The molecule has 2 aromatic rings. The lowest BCUT2D eigenvalue weighted by atomic mass is 9.90. The summed E-state index contributed by atoms with van der Waals surface area (Å²) in [6, 6.07) is 0.990. The maximum atomic E-state index is 12.5. The monoisotopic (exact) mass is 348 g/mol. The van der Waals surface area contributed by atoms with Crippen molar-refractivity contribution in [1.29, 1.82) is 0 Å². The predicted molar refractivity (Wildman–Crippen MR) is 97.7 cm³/mol. The highest BCUT2D eigenvalue weighted by Crippen LogP contribution is 2.39. The number of hydrogen-bond acceptors (Lipinski definition) is 5. The first-order valence-electron chi connectivity index (χ1n) is 9.04. The van der Waals surface area contributed by atoms with E-state index in [4.69, 9.17) is 0 Å². The van der Waals surface area contributed by atoms with Crippen LogP contribution in [0.15, 0.2) is 6.33 Å². The van der Waals surface area contributed by atoms with Gasteiger partial charge in [0.2, 0.25) is 0 Å². The average molecular weight is 348 g/mol. The Labute approximate surface area is 146 Å². The van der Waals surface area contributed by atoms with Crippen LogP contribution in [0.2, 0.25) is 0 Å². The van der Waals surface area contributed by atoms with Crippen molar-refractivity contribution in [2.45, 2.75) is 57.0 Å². The van der Waals surface area contributed by atoms with E-state index in [1.54, 1.807) is 6.33 Å². The minimum absolute atomic E-state index is 0.253. The second-order valence-corrected chi connectivity index (χ2v) is 8.16. The summed E-state index contributed by atoms with van der Waals surface area (Å²) in [6.45, 7) is 0.299. The lowest BCUT2D eigenvalue weighted by Gasteiger charge is -2.34. The van der Waals surface area contributed by atoms with Gasteiger partial charge < -0.3 is 10.2 Å². The maximum absolute atomic E-state index is 12.5. The number of aryl methyl sites for hydroxylation is 2. The van der Waals surface area contributed by atoms with Crippen molar-refractivity contribution in [1.82, 2.24) is 14.9 Å². The minimum atomic E-state index is -0.253. The number of halogens is 1. The molecule has 1 fully saturated rings. The molecule has 0 amide bonds. The fourth-order valence-electron chi connectivity index (χ4n) is 4.21. The van der Waals surface area contributed by atoms with E-state index in [0.29, 0.717) is 18.6 Å². The van der Waals surface area contributed by atoms with Crippen molar-refractivity contribution >= 4 is 27.4 Å². The molecule has 0 spiro atoms. The van der Waals surface area contributed by atoms with Gasteiger partial charge in [0.05, 0.1) is 5.39 Å². The van der Waals surface area contributed by atoms with Crippen LogP contribution in [0, 0.1) is 0 Å². The predicted octanol–water partition coefficient (Wildman–Crippen LogP) is 3.80. The van der Waals surface area contributed by atoms with Crippen LogP contribution in [-0.4, -0.2) is 47.2 Å². The van der Waals surface area contributed by atoms with Crippen molar-refractivity contribution in [2.24, 2.45) is 0 Å². The van der Waals surface area contributed by atoms with E-state index in [9.17, 15) is 4.39 Å². The van der Waals surface area contributed by atoms with Gasteiger partial charge in [-0.25, -0.2) is 14.4 Å². The van der Waals surface area contributed by atoms with Gasteiger partial charge in [-0.15, -0.1) is 11.3 Å². The Hall–Kier alpha value is -1.27. The fourth-order valence-corrected chi connectivity index (χ4v) is 5.44. The van der Waals surface area contributed by atoms with E-state index in [-0.39, 0.29) is 6.67 Å². The molecule has 4 rings (SSSR count). The van der Waals surface area contributed by atoms with Gasteiger partial charge in [0.25, 0.3) is 0 Å². The number of hydrogen-bond donors (Lipinski definition) is 1. The van der Waals surface area contributed by atoms with Crippen molar-refractivity contribution in [3.8, 4) is 0 Å². The lowest BCUT2D eigenvalue weighted by molar-refractivity contribution is 0.174. The Morgan fingerprint density at radius 1 is 1.25 bits per heavy atom. The zero-order chi connectivity index (χ0) is 16.5. The average Bonchev–Trinajstić information content (AvgIpc) is 3.17. The Balaban J connectivity index is 1.46. The number of nitrogens with one attached hydrogen (secondary N) is 1. The van der Waals surface area contributed by atoms with Gasteiger partial charge >= 0.3 is 0 Å². The zero-order valence-corrected chi connectivity index (χ0v) is 15.0. The Morgan fingerprint density at radius 2 is 2.08 bits per heavy atom. The number of rotatable bonds is 5. The van der Waals surface area contributed by atoms with E-state index in [0.717, 1.165) is 42.8 Å². The molecular formula is C18H25FN4S. The third kappa shape index (κ3) is 3.02. The molecule has 2 heterocycles. The van der Waals surface area contributed by atoms with Crippen molar-refractivity contribution in [3.63, 3.8) is 0 Å². The zero-order valence-electron chi connectivity index (χ0n) is 14.2. The molecule has 0 unspecified atom stereocenters. The van der Waals surface area contributed by atoms with Crippen LogP contribution in [0.3, 0.4) is 0 Å². The molecule has 2 aliphatic rings. The van der Waals surface area contributed by atoms with Crippen LogP contribution in [0.4, 0.5) is 10.2 Å². The smallest absolute Gasteiger partial charge is 0.138 e. The van der Waals surface area contributed by atoms with E-state index in [1.165, 1.54) is 28.7 Å². The lowest BCUT2D eigenvalue weighted by Crippen LogP contribution is -2.39. The summed E-state index contributed by atoms with van der Waals surface area (Å²) in [5.74, 6) is 1.03. The van der Waals surface area contributed by atoms with Gasteiger partial charge in [0.15, 0.2) is 0 Å². The third-order valence-electron chi connectivity index (χ3n) is 5.60. The van der Waals surface area contributed by atoms with Crippen LogP contribution in [0.1, 0.15) is 42.5 Å². The highest BCUT2D eigenvalue weighted by Gasteiger charge is 2.26. The molecule has 0 bridgehead atoms. The highest BCUT2D eigenvalue weighted by molar-refractivity contribution is 7.19. The molecular weight excluding hydrogens is 323 g/mol. The summed E-state index contributed by atoms with van der Waals surface area (Å²) in [5.41, 5.74) is 1.48. The van der Waals surface area contributed by atoms with Gasteiger partial charge in [-0.05, 0) is 57.6 Å². The number of aromatic nitrogens is 2. The van der Waals surface area contributed by atoms with Gasteiger partial charge in [0, 0.05) is 23.5 Å². The highest BCUT2D eigenvalue weighted by atomic mass is 32.1. The number of alkyl halides is 1. The largest absolute Gasteiger partial charge is 0.367 e. The maximum Gasteiger partial charge on any atom is 0.138 e. The van der Waals surface area contributed by atoms with Crippen molar-refractivity contribution in [3.05, 3.63) is 16.8 Å². The van der Waals surface area contributed by atoms with Crippen LogP contribution >= 0.6 is 11.3 Å². The van der Waals surface area contributed by atoms with E-state index < -0.39 is 0 Å². The summed E-state index contributed by atoms with van der Waals surface area (Å²) in [7, 11) is 2.04. The Morgan fingerprint density at radius 3 is 2.88 bits per heavy atom. The van der Waals surface area contributed by atoms with E-state index in [1.807, 2.05) is 18.4 Å². The summed E-state index contributed by atoms with van der Waals surface area (Å²) >= 11 is 1.84. The summed E-state index contributed by atoms with van der Waals surface area (Å²) < 4.78 is 12.5. The molecule has 2 aromatic heterocycles. The number of fused-ring (bicyclic) bond motifs is 3. The Kier molecular flexibility index (Phi) is 4.68. The number of anilines is 1. The van der Waals surface area contributed by atoms with Crippen molar-refractivity contribution < 1.29 is 4.39 Å². The molecule has 2 aliphatic carbocycles. The minimum Gasteiger partial charge on any atom is -0.367 e. The number of thiophene rings is 1. The molecule has 0 saturated heterocycles. The van der Waals surface area contributed by atoms with Crippen LogP contribution < -0.4 is 5.32 Å². The molecule has 0 atom stereocenters. The van der Waals surface area contributed by atoms with Gasteiger partial charge in [0.1, 0.15) is 23.7 Å². The van der Waals surface area contributed by atoms with Gasteiger partial charge in [-0.1, -0.05) is 0 Å². The molecule has 4 nitrogen and oxygen atoms in total. The standard InChI is InChI=1S/C18H25FN4S/c1-23(10-9-19)13-7-5-12(6-8-13)22-17-16-14-3-2-4-15(14)24-18(16)21-11-20-17/h11-13H,2-10H2,1H3,(H,20,21,22)/t12-,13-. The molecule has 0 aliphatic heterocycles. The first-order chi connectivity index (χ1) is 11.8. The first-order valence-corrected chi connectivity index (χ1v) is 9.86. The quantitative estimate of drug-likeness (QED) is 0.892. The van der Waals surface area contributed by atoms with E-state index >= 15 is 0 Å². The van der Waals surface area contributed by atoms with Gasteiger partial charge in [-0.3, -0.25) is 0 Å². The summed E-state index contributed by atoms with van der Waals surface area (Å²) in [4.78, 5) is 13.8. The fraction of sp³-hybridized carbons (Fsp3) is 0.667. The topological polar surface area (TPSA) is 41.0 Å². The second kappa shape index (κ2) is 6.92. The molecule has 0 radical (unpaired) electrons. The third-order valence-corrected chi connectivity index (χ3v) is 6.80.